The lowest BCUT2D eigenvalue weighted by atomic mass is 9.67. The maximum Gasteiger partial charge on any atom is 0.454 e. The van der Waals surface area contributed by atoms with Crippen LogP contribution in [-0.2, 0) is 0 Å². The molecular weight excluding hydrogens is 313 g/mol. The molecular formula is C17H24F5N. The normalized spacial score (nSPS) is 28.5. The van der Waals surface area contributed by atoms with E-state index in [2.05, 4.69) is 4.90 Å². The summed E-state index contributed by atoms with van der Waals surface area (Å²) in [5, 5.41) is 0. The molecule has 1 nitrogen and oxygen atoms in total. The minimum absolute atomic E-state index is 0.173. The van der Waals surface area contributed by atoms with Crippen LogP contribution in [0, 0.1) is 11.3 Å². The smallest absolute Gasteiger partial charge is 0.306 e. The van der Waals surface area contributed by atoms with Gasteiger partial charge in [0, 0.05) is 0 Å². The zero-order valence-corrected chi connectivity index (χ0v) is 13.8. The molecule has 1 aliphatic carbocycles. The van der Waals surface area contributed by atoms with Crippen LogP contribution in [0.25, 0.3) is 0 Å². The summed E-state index contributed by atoms with van der Waals surface area (Å²) in [5.74, 6) is -4.55. The number of likely N-dealkylation sites (tertiary alicyclic amines) is 1. The van der Waals surface area contributed by atoms with Crippen molar-refractivity contribution in [3.63, 3.8) is 0 Å². The molecule has 0 aromatic heterocycles. The van der Waals surface area contributed by atoms with Gasteiger partial charge in [0.05, 0.1) is 5.41 Å². The van der Waals surface area contributed by atoms with E-state index in [4.69, 9.17) is 0 Å². The minimum atomic E-state index is -5.54. The molecule has 0 aromatic rings. The quantitative estimate of drug-likeness (QED) is 0.640. The maximum absolute atomic E-state index is 14.2. The number of alkyl halides is 5. The van der Waals surface area contributed by atoms with Crippen molar-refractivity contribution in [3.05, 3.63) is 23.3 Å². The summed E-state index contributed by atoms with van der Waals surface area (Å²) >= 11 is 0. The lowest BCUT2D eigenvalue weighted by Crippen LogP contribution is -2.52. The summed E-state index contributed by atoms with van der Waals surface area (Å²) in [6.45, 7) is 4.53. The van der Waals surface area contributed by atoms with Gasteiger partial charge in [-0.3, -0.25) is 0 Å². The molecule has 1 fully saturated rings. The highest BCUT2D eigenvalue weighted by atomic mass is 19.4. The topological polar surface area (TPSA) is 3.24 Å². The molecule has 0 saturated carbocycles. The van der Waals surface area contributed by atoms with E-state index < -0.39 is 17.5 Å². The van der Waals surface area contributed by atoms with Gasteiger partial charge in [0.15, 0.2) is 0 Å². The summed E-state index contributed by atoms with van der Waals surface area (Å²) in [5.41, 5.74) is -1.17. The fourth-order valence-electron chi connectivity index (χ4n) is 3.49. The lowest BCUT2D eigenvalue weighted by molar-refractivity contribution is -0.317. The molecule has 1 heterocycles. The first kappa shape index (κ1) is 18.4. The van der Waals surface area contributed by atoms with Gasteiger partial charge in [0.1, 0.15) is 0 Å². The molecule has 0 N–H and O–H groups in total. The van der Waals surface area contributed by atoms with Crippen molar-refractivity contribution < 1.29 is 22.0 Å². The van der Waals surface area contributed by atoms with Gasteiger partial charge >= 0.3 is 12.1 Å². The highest BCUT2D eigenvalue weighted by Gasteiger charge is 2.68. The number of nitrogens with zero attached hydrogens (tertiary/aromatic N) is 1. The third kappa shape index (κ3) is 3.47. The van der Waals surface area contributed by atoms with Crippen LogP contribution in [0.1, 0.15) is 39.5 Å². The molecule has 1 aliphatic heterocycles. The first-order valence-corrected chi connectivity index (χ1v) is 7.98. The third-order valence-electron chi connectivity index (χ3n) is 5.34. The van der Waals surface area contributed by atoms with Crippen molar-refractivity contribution in [2.75, 3.05) is 20.1 Å². The van der Waals surface area contributed by atoms with E-state index in [9.17, 15) is 22.0 Å². The van der Waals surface area contributed by atoms with E-state index in [0.29, 0.717) is 6.42 Å². The van der Waals surface area contributed by atoms with Crippen molar-refractivity contribution >= 4 is 0 Å². The molecule has 0 spiro atoms. The SMILES string of the molecule is CC1=CCC(C)(C(F)(F)C(F)(F)F)C(CC2CCN(C)CC2)=C1. The zero-order chi connectivity index (χ0) is 17.5. The van der Waals surface area contributed by atoms with Crippen molar-refractivity contribution in [3.8, 4) is 0 Å². The van der Waals surface area contributed by atoms with Crippen LogP contribution in [-0.4, -0.2) is 37.1 Å². The number of rotatable bonds is 3. The van der Waals surface area contributed by atoms with Gasteiger partial charge in [-0.15, -0.1) is 0 Å². The van der Waals surface area contributed by atoms with Gasteiger partial charge in [0.2, 0.25) is 0 Å². The molecule has 23 heavy (non-hydrogen) atoms. The lowest BCUT2D eigenvalue weighted by Gasteiger charge is -2.43. The fraction of sp³-hybridized carbons (Fsp3) is 0.765. The second-order valence-electron chi connectivity index (χ2n) is 7.18. The van der Waals surface area contributed by atoms with E-state index >= 15 is 0 Å². The Bertz CT molecular complexity index is 498. The molecule has 1 saturated heterocycles. The average molecular weight is 337 g/mol. The Labute approximate surface area is 134 Å². The summed E-state index contributed by atoms with van der Waals surface area (Å²) in [6.07, 6.45) is -0.786. The van der Waals surface area contributed by atoms with Crippen LogP contribution in [0.2, 0.25) is 0 Å². The minimum Gasteiger partial charge on any atom is -0.306 e. The Hall–Kier alpha value is -0.910. The number of piperidine rings is 1. The number of hydrogen-bond donors (Lipinski definition) is 0. The van der Waals surface area contributed by atoms with E-state index in [1.807, 2.05) is 7.05 Å². The van der Waals surface area contributed by atoms with Crippen molar-refractivity contribution in [1.82, 2.24) is 4.90 Å². The van der Waals surface area contributed by atoms with Gasteiger partial charge in [0.25, 0.3) is 0 Å². The molecule has 1 atom stereocenters. The van der Waals surface area contributed by atoms with E-state index in [1.54, 1.807) is 13.0 Å². The molecule has 0 radical (unpaired) electrons. The van der Waals surface area contributed by atoms with Gasteiger partial charge < -0.3 is 4.90 Å². The van der Waals surface area contributed by atoms with Crippen molar-refractivity contribution in [1.29, 1.82) is 0 Å². The molecule has 6 heteroatoms. The molecule has 132 valence electrons. The molecule has 1 unspecified atom stereocenters. The molecule has 2 aliphatic rings. The first-order valence-electron chi connectivity index (χ1n) is 7.98. The maximum atomic E-state index is 14.2. The Kier molecular flexibility index (Phi) is 4.96. The molecule has 0 amide bonds. The number of halogens is 5. The second-order valence-corrected chi connectivity index (χ2v) is 7.18. The average Bonchev–Trinajstić information content (AvgIpc) is 2.44. The highest BCUT2D eigenvalue weighted by molar-refractivity contribution is 5.34. The van der Waals surface area contributed by atoms with Crippen LogP contribution in [0.15, 0.2) is 23.3 Å². The molecule has 0 aromatic carbocycles. The van der Waals surface area contributed by atoms with Crippen LogP contribution in [0.3, 0.4) is 0 Å². The number of allylic oxidation sites excluding steroid dienone is 4. The fourth-order valence-corrected chi connectivity index (χ4v) is 3.49. The zero-order valence-electron chi connectivity index (χ0n) is 13.8. The summed E-state index contributed by atoms with van der Waals surface area (Å²) in [6, 6.07) is 0. The second kappa shape index (κ2) is 6.19. The Morgan fingerprint density at radius 3 is 2.26 bits per heavy atom. The predicted molar refractivity (Wildman–Crippen MR) is 80.4 cm³/mol. The predicted octanol–water partition coefficient (Wildman–Crippen LogP) is 5.20. The van der Waals surface area contributed by atoms with E-state index in [1.165, 1.54) is 6.08 Å². The van der Waals surface area contributed by atoms with Gasteiger partial charge in [-0.05, 0) is 65.6 Å². The molecule has 2 rings (SSSR count). The van der Waals surface area contributed by atoms with Crippen LogP contribution < -0.4 is 0 Å². The van der Waals surface area contributed by atoms with Crippen LogP contribution >= 0.6 is 0 Å². The first-order chi connectivity index (χ1) is 10.5. The van der Waals surface area contributed by atoms with Gasteiger partial charge in [-0.1, -0.05) is 23.3 Å². The van der Waals surface area contributed by atoms with E-state index in [-0.39, 0.29) is 17.9 Å². The largest absolute Gasteiger partial charge is 0.454 e. The van der Waals surface area contributed by atoms with Crippen LogP contribution in [0.4, 0.5) is 22.0 Å². The van der Waals surface area contributed by atoms with Crippen LogP contribution in [0.5, 0.6) is 0 Å². The van der Waals surface area contributed by atoms with Gasteiger partial charge in [-0.2, -0.15) is 22.0 Å². The summed E-state index contributed by atoms with van der Waals surface area (Å²) in [4.78, 5) is 2.15. The Morgan fingerprint density at radius 2 is 1.74 bits per heavy atom. The van der Waals surface area contributed by atoms with Crippen molar-refractivity contribution in [2.24, 2.45) is 11.3 Å². The monoisotopic (exact) mass is 337 g/mol. The highest BCUT2D eigenvalue weighted by Crippen LogP contribution is 2.56. The Balaban J connectivity index is 2.27. The summed E-state index contributed by atoms with van der Waals surface area (Å²) < 4.78 is 67.3. The Morgan fingerprint density at radius 1 is 1.17 bits per heavy atom. The molecule has 0 bridgehead atoms. The van der Waals surface area contributed by atoms with Crippen molar-refractivity contribution in [2.45, 2.75) is 51.6 Å². The third-order valence-corrected chi connectivity index (χ3v) is 5.34. The van der Waals surface area contributed by atoms with Gasteiger partial charge in [-0.25, -0.2) is 0 Å². The summed E-state index contributed by atoms with van der Waals surface area (Å²) in [7, 11) is 1.99. The number of hydrogen-bond acceptors (Lipinski definition) is 1. The van der Waals surface area contributed by atoms with E-state index in [0.717, 1.165) is 38.4 Å². The standard InChI is InChI=1S/C17H24F5N/c1-12-4-7-15(2,16(18,19)17(20,21)22)14(10-12)11-13-5-8-23(3)9-6-13/h4,10,13H,5-9,11H2,1-3H3.